The molecule has 0 bridgehead atoms. The van der Waals surface area contributed by atoms with E-state index < -0.39 is 6.04 Å². The topological polar surface area (TPSA) is 76.6 Å². The maximum Gasteiger partial charge on any atom is 0.247 e. The van der Waals surface area contributed by atoms with Crippen molar-refractivity contribution in [2.24, 2.45) is 0 Å². The minimum Gasteiger partial charge on any atom is -0.494 e. The molecule has 288 valence electrons. The zero-order chi connectivity index (χ0) is 38.6. The van der Waals surface area contributed by atoms with E-state index in [1.165, 1.54) is 5.56 Å². The van der Waals surface area contributed by atoms with Gasteiger partial charge in [-0.05, 0) is 71.1 Å². The Labute approximate surface area is 330 Å². The Bertz CT molecular complexity index is 1870. The second kappa shape index (κ2) is 19.5. The molecule has 0 unspecified atom stereocenters. The van der Waals surface area contributed by atoms with Gasteiger partial charge in [-0.1, -0.05) is 85.3 Å². The SMILES string of the molecule is CCCOc1ccc(/C=C/C(=O)N(Cc2ccc(N3CCN(C(C)=O)CC3)cc2)[C@@H](Cc2ccccc2)C(=O)N2CCN(Cc3ccc(Cl)cc3)CC2)cc1. The molecule has 0 saturated carbocycles. The van der Waals surface area contributed by atoms with Crippen LogP contribution in [0.15, 0.2) is 109 Å². The molecule has 2 heterocycles. The van der Waals surface area contributed by atoms with E-state index in [1.54, 1.807) is 17.9 Å². The molecule has 0 radical (unpaired) electrons. The van der Waals surface area contributed by atoms with E-state index in [0.29, 0.717) is 44.2 Å². The zero-order valence-electron chi connectivity index (χ0n) is 32.0. The average Bonchev–Trinajstić information content (AvgIpc) is 3.22. The minimum absolute atomic E-state index is 0.0471. The van der Waals surface area contributed by atoms with Crippen molar-refractivity contribution >= 4 is 41.1 Å². The number of benzene rings is 4. The number of halogens is 1. The Morgan fingerprint density at radius 2 is 1.38 bits per heavy atom. The van der Waals surface area contributed by atoms with Crippen molar-refractivity contribution in [3.05, 3.63) is 136 Å². The lowest BCUT2D eigenvalue weighted by Gasteiger charge is -2.39. The molecule has 55 heavy (non-hydrogen) atoms. The summed E-state index contributed by atoms with van der Waals surface area (Å²) >= 11 is 6.11. The molecular formula is C45H52ClN5O4. The van der Waals surface area contributed by atoms with Crippen LogP contribution in [-0.2, 0) is 33.9 Å². The number of hydrogen-bond donors (Lipinski definition) is 0. The third-order valence-corrected chi connectivity index (χ3v) is 10.6. The Hall–Kier alpha value is -5.12. The molecule has 3 amide bonds. The third kappa shape index (κ3) is 11.2. The average molecular weight is 762 g/mol. The van der Waals surface area contributed by atoms with Crippen molar-refractivity contribution in [3.63, 3.8) is 0 Å². The van der Waals surface area contributed by atoms with Gasteiger partial charge in [0.15, 0.2) is 0 Å². The van der Waals surface area contributed by atoms with Gasteiger partial charge in [0, 0.05) is 95.6 Å². The third-order valence-electron chi connectivity index (χ3n) is 10.4. The molecule has 0 aliphatic carbocycles. The van der Waals surface area contributed by atoms with Crippen LogP contribution in [-0.4, -0.2) is 102 Å². The molecule has 1 atom stereocenters. The highest BCUT2D eigenvalue weighted by atomic mass is 35.5. The summed E-state index contributed by atoms with van der Waals surface area (Å²) in [5, 5.41) is 0.715. The zero-order valence-corrected chi connectivity index (χ0v) is 32.7. The van der Waals surface area contributed by atoms with E-state index in [9.17, 15) is 14.4 Å². The van der Waals surface area contributed by atoms with E-state index in [0.717, 1.165) is 67.3 Å². The summed E-state index contributed by atoms with van der Waals surface area (Å²) in [5.74, 6) is 0.615. The lowest BCUT2D eigenvalue weighted by Crippen LogP contribution is -2.56. The first-order valence-electron chi connectivity index (χ1n) is 19.4. The van der Waals surface area contributed by atoms with Gasteiger partial charge in [-0.2, -0.15) is 0 Å². The first-order chi connectivity index (χ1) is 26.7. The first kappa shape index (κ1) is 39.6. The Morgan fingerprint density at radius 1 is 0.745 bits per heavy atom. The van der Waals surface area contributed by atoms with Gasteiger partial charge in [0.1, 0.15) is 11.8 Å². The standard InChI is InChI=1S/C45H52ClN5O4/c1-3-31-55-42-20-13-36(14-21-42)15-22-44(53)51(34-39-11-18-41(19-12-39)49-29-27-48(28-30-49)35(2)52)43(32-37-7-5-4-6-8-37)45(54)50-25-23-47(24-26-50)33-38-9-16-40(46)17-10-38/h4-22,43H,3,23-34H2,1-2H3/b22-15+/t43-/m0/s1. The predicted molar refractivity (Wildman–Crippen MR) is 220 cm³/mol. The number of anilines is 1. The van der Waals surface area contributed by atoms with Crippen molar-refractivity contribution in [2.75, 3.05) is 63.9 Å². The minimum atomic E-state index is -0.716. The molecule has 4 aromatic rings. The molecule has 0 aromatic heterocycles. The quantitative estimate of drug-likeness (QED) is 0.132. The normalized spacial score (nSPS) is 15.6. The molecule has 2 saturated heterocycles. The van der Waals surface area contributed by atoms with E-state index in [1.807, 2.05) is 107 Å². The van der Waals surface area contributed by atoms with Gasteiger partial charge in [-0.3, -0.25) is 19.3 Å². The summed E-state index contributed by atoms with van der Waals surface area (Å²) in [5.41, 5.74) is 5.05. The molecule has 4 aromatic carbocycles. The van der Waals surface area contributed by atoms with Gasteiger partial charge in [0.25, 0.3) is 0 Å². The Balaban J connectivity index is 1.23. The fourth-order valence-corrected chi connectivity index (χ4v) is 7.27. The number of piperazine rings is 2. The number of ether oxygens (including phenoxy) is 1. The van der Waals surface area contributed by atoms with Crippen LogP contribution < -0.4 is 9.64 Å². The molecule has 9 nitrogen and oxygen atoms in total. The lowest BCUT2D eigenvalue weighted by molar-refractivity contribution is -0.145. The molecule has 6 rings (SSSR count). The lowest BCUT2D eigenvalue weighted by atomic mass is 10.0. The smallest absolute Gasteiger partial charge is 0.247 e. The molecule has 2 aliphatic rings. The Morgan fingerprint density at radius 3 is 2.02 bits per heavy atom. The predicted octanol–water partition coefficient (Wildman–Crippen LogP) is 6.80. The van der Waals surface area contributed by atoms with E-state index in [4.69, 9.17) is 16.3 Å². The Kier molecular flexibility index (Phi) is 14.0. The van der Waals surface area contributed by atoms with Crippen LogP contribution in [0.2, 0.25) is 5.02 Å². The number of hydrogen-bond acceptors (Lipinski definition) is 6. The summed E-state index contributed by atoms with van der Waals surface area (Å²) in [6, 6.07) is 33.1. The highest BCUT2D eigenvalue weighted by molar-refractivity contribution is 6.30. The van der Waals surface area contributed by atoms with E-state index >= 15 is 0 Å². The van der Waals surface area contributed by atoms with Crippen molar-refractivity contribution < 1.29 is 19.1 Å². The summed E-state index contributed by atoms with van der Waals surface area (Å²) in [4.78, 5) is 51.1. The van der Waals surface area contributed by atoms with Crippen molar-refractivity contribution in [3.8, 4) is 5.75 Å². The van der Waals surface area contributed by atoms with Crippen molar-refractivity contribution in [2.45, 2.75) is 45.8 Å². The largest absolute Gasteiger partial charge is 0.494 e. The molecule has 0 N–H and O–H groups in total. The summed E-state index contributed by atoms with van der Waals surface area (Å²) in [6.07, 6.45) is 4.71. The molecular weight excluding hydrogens is 710 g/mol. The summed E-state index contributed by atoms with van der Waals surface area (Å²) in [6.45, 7) is 10.9. The fourth-order valence-electron chi connectivity index (χ4n) is 7.14. The maximum atomic E-state index is 14.7. The van der Waals surface area contributed by atoms with Crippen LogP contribution in [0.1, 0.15) is 42.5 Å². The number of amides is 3. The number of carbonyl (C=O) groups is 3. The maximum absolute atomic E-state index is 14.7. The van der Waals surface area contributed by atoms with Gasteiger partial charge in [-0.25, -0.2) is 0 Å². The van der Waals surface area contributed by atoms with Crippen LogP contribution in [0.25, 0.3) is 6.08 Å². The summed E-state index contributed by atoms with van der Waals surface area (Å²) in [7, 11) is 0. The van der Waals surface area contributed by atoms with Crippen LogP contribution in [0.5, 0.6) is 5.75 Å². The van der Waals surface area contributed by atoms with Crippen LogP contribution in [0, 0.1) is 0 Å². The second-order valence-corrected chi connectivity index (χ2v) is 14.7. The second-order valence-electron chi connectivity index (χ2n) is 14.3. The number of rotatable bonds is 14. The van der Waals surface area contributed by atoms with Gasteiger partial charge in [0.05, 0.1) is 6.61 Å². The van der Waals surface area contributed by atoms with E-state index in [2.05, 4.69) is 28.9 Å². The fraction of sp³-hybridized carbons (Fsp3) is 0.356. The van der Waals surface area contributed by atoms with Crippen molar-refractivity contribution in [1.82, 2.24) is 19.6 Å². The van der Waals surface area contributed by atoms with Crippen LogP contribution in [0.4, 0.5) is 5.69 Å². The monoisotopic (exact) mass is 761 g/mol. The highest BCUT2D eigenvalue weighted by Crippen LogP contribution is 2.23. The molecule has 10 heteroatoms. The summed E-state index contributed by atoms with van der Waals surface area (Å²) < 4.78 is 5.75. The van der Waals surface area contributed by atoms with Gasteiger partial charge in [0.2, 0.25) is 17.7 Å². The highest BCUT2D eigenvalue weighted by Gasteiger charge is 2.34. The molecule has 2 fully saturated rings. The molecule has 2 aliphatic heterocycles. The first-order valence-corrected chi connectivity index (χ1v) is 19.7. The molecule has 0 spiro atoms. The van der Waals surface area contributed by atoms with Crippen LogP contribution >= 0.6 is 11.6 Å². The van der Waals surface area contributed by atoms with Gasteiger partial charge >= 0.3 is 0 Å². The van der Waals surface area contributed by atoms with Gasteiger partial charge in [-0.15, -0.1) is 0 Å². The van der Waals surface area contributed by atoms with E-state index in [-0.39, 0.29) is 24.3 Å². The number of nitrogens with zero attached hydrogens (tertiary/aromatic N) is 5. The van der Waals surface area contributed by atoms with Crippen LogP contribution in [0.3, 0.4) is 0 Å². The number of carbonyl (C=O) groups excluding carboxylic acids is 3. The van der Waals surface area contributed by atoms with Crippen molar-refractivity contribution in [1.29, 1.82) is 0 Å². The van der Waals surface area contributed by atoms with Gasteiger partial charge < -0.3 is 24.3 Å².